The highest BCUT2D eigenvalue weighted by molar-refractivity contribution is 7.18. The third-order valence-electron chi connectivity index (χ3n) is 3.11. The number of fused-ring (bicyclic) bond motifs is 1. The van der Waals surface area contributed by atoms with Gasteiger partial charge in [0.25, 0.3) is 5.91 Å². The minimum absolute atomic E-state index is 0.197. The van der Waals surface area contributed by atoms with Crippen molar-refractivity contribution in [3.05, 3.63) is 50.4 Å². The van der Waals surface area contributed by atoms with Gasteiger partial charge in [0.05, 0.1) is 30.3 Å². The quantitative estimate of drug-likeness (QED) is 0.580. The van der Waals surface area contributed by atoms with E-state index >= 15 is 0 Å². The molecule has 1 aromatic heterocycles. The minimum Gasteiger partial charge on any atom is -0.482 e. The summed E-state index contributed by atoms with van der Waals surface area (Å²) in [7, 11) is 0. The number of aryl methyl sites for hydroxylation is 1. The van der Waals surface area contributed by atoms with Gasteiger partial charge in [0, 0.05) is 11.8 Å². The zero-order chi connectivity index (χ0) is 17.3. The number of anilines is 1. The maximum Gasteiger partial charge on any atom is 0.262 e. The van der Waals surface area contributed by atoms with Gasteiger partial charge in [-0.05, 0) is 31.2 Å². The number of halogens is 3. The van der Waals surface area contributed by atoms with Crippen LogP contribution >= 0.6 is 46.1 Å². The van der Waals surface area contributed by atoms with Crippen molar-refractivity contribution in [1.82, 2.24) is 4.98 Å². The molecule has 0 spiro atoms. The van der Waals surface area contributed by atoms with Gasteiger partial charge in [-0.2, -0.15) is 0 Å². The molecule has 0 aliphatic rings. The van der Waals surface area contributed by atoms with E-state index in [1.165, 1.54) is 12.1 Å². The maximum atomic E-state index is 12.0. The van der Waals surface area contributed by atoms with E-state index in [2.05, 4.69) is 10.3 Å². The molecule has 0 saturated heterocycles. The number of aromatic nitrogens is 1. The number of nitrogens with zero attached hydrogens (tertiary/aromatic N) is 1. The zero-order valence-electron chi connectivity index (χ0n) is 12.4. The Kier molecular flexibility index (Phi) is 5.15. The predicted molar refractivity (Wildman–Crippen MR) is 100.0 cm³/mol. The summed E-state index contributed by atoms with van der Waals surface area (Å²) in [6.45, 7) is 1.75. The van der Waals surface area contributed by atoms with Gasteiger partial charge < -0.3 is 10.1 Å². The Morgan fingerprint density at radius 1 is 1.17 bits per heavy atom. The first kappa shape index (κ1) is 17.3. The molecule has 2 aromatic carbocycles. The molecule has 24 heavy (non-hydrogen) atoms. The van der Waals surface area contributed by atoms with Crippen LogP contribution in [0.1, 0.15) is 5.01 Å². The Labute approximate surface area is 157 Å². The number of carbonyl (C=O) groups is 1. The van der Waals surface area contributed by atoms with Crippen molar-refractivity contribution in [2.75, 3.05) is 11.9 Å². The molecule has 0 atom stereocenters. The maximum absolute atomic E-state index is 12.0. The molecular weight excluding hydrogens is 391 g/mol. The van der Waals surface area contributed by atoms with Crippen LogP contribution in [0.25, 0.3) is 10.2 Å². The molecule has 0 aliphatic heterocycles. The number of nitrogens with one attached hydrogen (secondary N) is 1. The molecule has 3 rings (SSSR count). The summed E-state index contributed by atoms with van der Waals surface area (Å²) in [6.07, 6.45) is 0. The van der Waals surface area contributed by atoms with Gasteiger partial charge in [-0.15, -0.1) is 11.3 Å². The molecule has 1 amide bonds. The number of hydrogen-bond donors (Lipinski definition) is 1. The molecule has 0 radical (unpaired) electrons. The Bertz CT molecular complexity index is 927. The molecule has 8 heteroatoms. The number of rotatable bonds is 4. The summed E-state index contributed by atoms with van der Waals surface area (Å²) >= 11 is 19.3. The number of amides is 1. The lowest BCUT2D eigenvalue weighted by Crippen LogP contribution is -2.20. The van der Waals surface area contributed by atoms with Crippen molar-refractivity contribution < 1.29 is 9.53 Å². The van der Waals surface area contributed by atoms with E-state index in [1.54, 1.807) is 17.4 Å². The normalized spacial score (nSPS) is 10.8. The third-order valence-corrected chi connectivity index (χ3v) is 5.06. The third kappa shape index (κ3) is 3.92. The van der Waals surface area contributed by atoms with Crippen LogP contribution < -0.4 is 10.1 Å². The van der Waals surface area contributed by atoms with Crippen LogP contribution in [0.2, 0.25) is 15.1 Å². The van der Waals surface area contributed by atoms with Crippen molar-refractivity contribution in [3.8, 4) is 5.75 Å². The van der Waals surface area contributed by atoms with E-state index in [1.807, 2.05) is 19.1 Å². The summed E-state index contributed by atoms with van der Waals surface area (Å²) in [4.78, 5) is 16.4. The lowest BCUT2D eigenvalue weighted by Gasteiger charge is -2.10. The standard InChI is InChI=1S/C16H11Cl3N2O2S/c1-8-20-13-3-2-9(4-15(13)24-8)21-16(22)7-23-14-6-11(18)10(17)5-12(14)19/h2-6H,7H2,1H3,(H,21,22). The smallest absolute Gasteiger partial charge is 0.262 e. The fourth-order valence-electron chi connectivity index (χ4n) is 2.07. The second kappa shape index (κ2) is 7.15. The van der Waals surface area contributed by atoms with Gasteiger partial charge in [0.1, 0.15) is 5.75 Å². The van der Waals surface area contributed by atoms with Gasteiger partial charge in [-0.25, -0.2) is 4.98 Å². The molecule has 1 N–H and O–H groups in total. The number of hydrogen-bond acceptors (Lipinski definition) is 4. The van der Waals surface area contributed by atoms with Crippen LogP contribution in [0.3, 0.4) is 0 Å². The molecular formula is C16H11Cl3N2O2S. The van der Waals surface area contributed by atoms with Crippen molar-refractivity contribution in [2.24, 2.45) is 0 Å². The summed E-state index contributed by atoms with van der Waals surface area (Å²) in [5.74, 6) is -0.00697. The first-order valence-electron chi connectivity index (χ1n) is 6.87. The van der Waals surface area contributed by atoms with E-state index in [9.17, 15) is 4.79 Å². The number of benzene rings is 2. The van der Waals surface area contributed by atoms with E-state index in [0.29, 0.717) is 26.5 Å². The van der Waals surface area contributed by atoms with E-state index in [0.717, 1.165) is 15.2 Å². The monoisotopic (exact) mass is 400 g/mol. The Hall–Kier alpha value is -1.53. The summed E-state index contributed by atoms with van der Waals surface area (Å²) in [6, 6.07) is 8.49. The molecule has 0 fully saturated rings. The number of thiazole rings is 1. The summed E-state index contributed by atoms with van der Waals surface area (Å²) in [5.41, 5.74) is 1.59. The van der Waals surface area contributed by atoms with Crippen LogP contribution in [0, 0.1) is 6.92 Å². The molecule has 0 saturated carbocycles. The van der Waals surface area contributed by atoms with Gasteiger partial charge in [-0.1, -0.05) is 34.8 Å². The van der Waals surface area contributed by atoms with Crippen molar-refractivity contribution in [2.45, 2.75) is 6.92 Å². The number of ether oxygens (including phenoxy) is 1. The van der Waals surface area contributed by atoms with E-state index < -0.39 is 0 Å². The highest BCUT2D eigenvalue weighted by Crippen LogP contribution is 2.33. The molecule has 3 aromatic rings. The Morgan fingerprint density at radius 2 is 1.92 bits per heavy atom. The minimum atomic E-state index is -0.308. The SMILES string of the molecule is Cc1nc2ccc(NC(=O)COc3cc(Cl)c(Cl)cc3Cl)cc2s1. The van der Waals surface area contributed by atoms with Crippen LogP contribution in [-0.4, -0.2) is 17.5 Å². The molecule has 1 heterocycles. The molecule has 0 aliphatic carbocycles. The van der Waals surface area contributed by atoms with E-state index in [-0.39, 0.29) is 12.5 Å². The average Bonchev–Trinajstić information content (AvgIpc) is 2.89. The lowest BCUT2D eigenvalue weighted by atomic mass is 10.3. The molecule has 4 nitrogen and oxygen atoms in total. The number of carbonyl (C=O) groups excluding carboxylic acids is 1. The molecule has 0 bridgehead atoms. The first-order valence-corrected chi connectivity index (χ1v) is 8.82. The predicted octanol–water partition coefficient (Wildman–Crippen LogP) is 5.58. The summed E-state index contributed by atoms with van der Waals surface area (Å²) < 4.78 is 6.41. The van der Waals surface area contributed by atoms with Gasteiger partial charge in [0.15, 0.2) is 6.61 Å². The van der Waals surface area contributed by atoms with Crippen LogP contribution in [0.15, 0.2) is 30.3 Å². The largest absolute Gasteiger partial charge is 0.482 e. The fourth-order valence-corrected chi connectivity index (χ4v) is 3.53. The van der Waals surface area contributed by atoms with Crippen LogP contribution in [0.4, 0.5) is 5.69 Å². The van der Waals surface area contributed by atoms with Crippen molar-refractivity contribution >= 4 is 68.0 Å². The van der Waals surface area contributed by atoms with Crippen LogP contribution in [-0.2, 0) is 4.79 Å². The first-order chi connectivity index (χ1) is 11.4. The van der Waals surface area contributed by atoms with Gasteiger partial charge in [0.2, 0.25) is 0 Å². The van der Waals surface area contributed by atoms with E-state index in [4.69, 9.17) is 39.5 Å². The summed E-state index contributed by atoms with van der Waals surface area (Å²) in [5, 5.41) is 4.67. The van der Waals surface area contributed by atoms with Crippen molar-refractivity contribution in [1.29, 1.82) is 0 Å². The van der Waals surface area contributed by atoms with Gasteiger partial charge >= 0.3 is 0 Å². The topological polar surface area (TPSA) is 51.2 Å². The zero-order valence-corrected chi connectivity index (χ0v) is 15.5. The molecule has 0 unspecified atom stereocenters. The second-order valence-electron chi connectivity index (χ2n) is 4.95. The van der Waals surface area contributed by atoms with Gasteiger partial charge in [-0.3, -0.25) is 4.79 Å². The Morgan fingerprint density at radius 3 is 2.71 bits per heavy atom. The highest BCUT2D eigenvalue weighted by Gasteiger charge is 2.10. The molecule has 124 valence electrons. The highest BCUT2D eigenvalue weighted by atomic mass is 35.5. The Balaban J connectivity index is 1.65. The average molecular weight is 402 g/mol. The fraction of sp³-hybridized carbons (Fsp3) is 0.125. The van der Waals surface area contributed by atoms with Crippen LogP contribution in [0.5, 0.6) is 5.75 Å². The van der Waals surface area contributed by atoms with Crippen molar-refractivity contribution in [3.63, 3.8) is 0 Å². The second-order valence-corrected chi connectivity index (χ2v) is 7.41. The lowest BCUT2D eigenvalue weighted by molar-refractivity contribution is -0.118.